The molecule has 0 bridgehead atoms. The van der Waals surface area contributed by atoms with Crippen molar-refractivity contribution in [3.8, 4) is 0 Å². The van der Waals surface area contributed by atoms with Gasteiger partial charge in [-0.05, 0) is 43.4 Å². The van der Waals surface area contributed by atoms with Crippen LogP contribution in [0.1, 0.15) is 18.4 Å². The smallest absolute Gasteiger partial charge is 0.321 e. The minimum atomic E-state index is -4.00. The number of rotatable bonds is 6. The second-order valence-electron chi connectivity index (χ2n) is 5.41. The van der Waals surface area contributed by atoms with Crippen molar-refractivity contribution in [1.82, 2.24) is 4.72 Å². The molecular weight excluding hydrogens is 330 g/mol. The van der Waals surface area contributed by atoms with E-state index in [1.54, 1.807) is 13.0 Å². The fourth-order valence-corrected chi connectivity index (χ4v) is 4.18. The van der Waals surface area contributed by atoms with Crippen molar-refractivity contribution in [3.63, 3.8) is 0 Å². The number of ether oxygens (including phenoxy) is 1. The van der Waals surface area contributed by atoms with E-state index in [9.17, 15) is 18.3 Å². The number of carboxylic acid groups (broad SMARTS) is 1. The van der Waals surface area contributed by atoms with E-state index in [1.807, 2.05) is 0 Å². The number of nitrogens with one attached hydrogen (secondary N) is 1. The molecular formula is C14H18ClNO5S. The highest BCUT2D eigenvalue weighted by molar-refractivity contribution is 7.89. The Hall–Kier alpha value is -1.15. The summed E-state index contributed by atoms with van der Waals surface area (Å²) in [5.74, 6) is -1.17. The highest BCUT2D eigenvalue weighted by Gasteiger charge is 2.30. The summed E-state index contributed by atoms with van der Waals surface area (Å²) in [6.45, 7) is 2.82. The van der Waals surface area contributed by atoms with Gasteiger partial charge in [0, 0.05) is 13.2 Å². The predicted octanol–water partition coefficient (Wildman–Crippen LogP) is 1.81. The zero-order chi connectivity index (χ0) is 16.3. The van der Waals surface area contributed by atoms with Crippen LogP contribution in [0.5, 0.6) is 0 Å². The molecule has 8 heteroatoms. The zero-order valence-electron chi connectivity index (χ0n) is 12.1. The molecule has 1 aliphatic rings. The van der Waals surface area contributed by atoms with Crippen molar-refractivity contribution in [1.29, 1.82) is 0 Å². The normalized spacial score (nSPS) is 20.0. The van der Waals surface area contributed by atoms with Crippen LogP contribution in [0.4, 0.5) is 0 Å². The first kappa shape index (κ1) is 17.2. The Kier molecular flexibility index (Phi) is 5.44. The molecule has 0 radical (unpaired) electrons. The number of sulfonamides is 1. The van der Waals surface area contributed by atoms with Crippen LogP contribution in [0.25, 0.3) is 0 Å². The summed E-state index contributed by atoms with van der Waals surface area (Å²) in [5, 5.41) is 9.33. The topological polar surface area (TPSA) is 92.7 Å². The summed E-state index contributed by atoms with van der Waals surface area (Å²) in [4.78, 5) is 11.2. The fourth-order valence-electron chi connectivity index (χ4n) is 2.38. The van der Waals surface area contributed by atoms with Gasteiger partial charge in [-0.3, -0.25) is 4.79 Å². The molecule has 0 aliphatic carbocycles. The summed E-state index contributed by atoms with van der Waals surface area (Å²) >= 11 is 5.96. The summed E-state index contributed by atoms with van der Waals surface area (Å²) < 4.78 is 32.1. The highest BCUT2D eigenvalue weighted by Crippen LogP contribution is 2.24. The Balaban J connectivity index is 2.18. The summed E-state index contributed by atoms with van der Waals surface area (Å²) in [6.07, 6.45) is 0.925. The molecule has 1 fully saturated rings. The molecule has 2 unspecified atom stereocenters. The first-order valence-electron chi connectivity index (χ1n) is 6.88. The van der Waals surface area contributed by atoms with Crippen molar-refractivity contribution in [2.24, 2.45) is 5.92 Å². The molecule has 1 aromatic rings. The molecule has 2 N–H and O–H groups in total. The third-order valence-corrected chi connectivity index (χ3v) is 5.52. The lowest BCUT2D eigenvalue weighted by Gasteiger charge is -2.18. The van der Waals surface area contributed by atoms with E-state index in [0.29, 0.717) is 13.2 Å². The van der Waals surface area contributed by atoms with E-state index < -0.39 is 22.0 Å². The number of aliphatic carboxylic acids is 1. The lowest BCUT2D eigenvalue weighted by Crippen LogP contribution is -2.42. The van der Waals surface area contributed by atoms with E-state index in [4.69, 9.17) is 16.3 Å². The van der Waals surface area contributed by atoms with Crippen LogP contribution in [-0.2, 0) is 19.6 Å². The minimum Gasteiger partial charge on any atom is -0.480 e. The van der Waals surface area contributed by atoms with Crippen LogP contribution in [0.3, 0.4) is 0 Å². The van der Waals surface area contributed by atoms with Crippen LogP contribution in [-0.4, -0.2) is 38.7 Å². The molecule has 0 aromatic heterocycles. The maximum Gasteiger partial charge on any atom is 0.321 e. The Morgan fingerprint density at radius 3 is 2.82 bits per heavy atom. The molecule has 2 rings (SSSR count). The van der Waals surface area contributed by atoms with Crippen molar-refractivity contribution < 1.29 is 23.1 Å². The SMILES string of the molecule is Cc1ccc(S(=O)(=O)NC(CC2CCOC2)C(=O)O)c(Cl)c1. The predicted molar refractivity (Wildman–Crippen MR) is 81.5 cm³/mol. The van der Waals surface area contributed by atoms with Crippen LogP contribution in [0.15, 0.2) is 23.1 Å². The third kappa shape index (κ3) is 4.19. The molecule has 1 saturated heterocycles. The quantitative estimate of drug-likeness (QED) is 0.818. The minimum absolute atomic E-state index is 0.0392. The highest BCUT2D eigenvalue weighted by atomic mass is 35.5. The average molecular weight is 348 g/mol. The first-order chi connectivity index (χ1) is 10.3. The Bertz CT molecular complexity index is 655. The van der Waals surface area contributed by atoms with Crippen molar-refractivity contribution in [2.75, 3.05) is 13.2 Å². The van der Waals surface area contributed by atoms with Crippen LogP contribution >= 0.6 is 11.6 Å². The van der Waals surface area contributed by atoms with Gasteiger partial charge in [0.15, 0.2) is 0 Å². The molecule has 122 valence electrons. The molecule has 0 amide bonds. The lowest BCUT2D eigenvalue weighted by molar-refractivity contribution is -0.139. The number of hydrogen-bond donors (Lipinski definition) is 2. The van der Waals surface area contributed by atoms with Gasteiger partial charge in [0.25, 0.3) is 0 Å². The number of hydrogen-bond acceptors (Lipinski definition) is 4. The Labute approximate surface area is 134 Å². The fraction of sp³-hybridized carbons (Fsp3) is 0.500. The molecule has 0 spiro atoms. The van der Waals surface area contributed by atoms with Gasteiger partial charge < -0.3 is 9.84 Å². The average Bonchev–Trinajstić information content (AvgIpc) is 2.90. The van der Waals surface area contributed by atoms with Gasteiger partial charge in [-0.15, -0.1) is 0 Å². The van der Waals surface area contributed by atoms with Crippen LogP contribution in [0, 0.1) is 12.8 Å². The molecule has 22 heavy (non-hydrogen) atoms. The second-order valence-corrected chi connectivity index (χ2v) is 7.50. The van der Waals surface area contributed by atoms with E-state index in [0.717, 1.165) is 12.0 Å². The van der Waals surface area contributed by atoms with Crippen molar-refractivity contribution in [2.45, 2.75) is 30.7 Å². The first-order valence-corrected chi connectivity index (χ1v) is 8.75. The molecule has 1 aromatic carbocycles. The number of carboxylic acids is 1. The van der Waals surface area contributed by atoms with Gasteiger partial charge in [-0.1, -0.05) is 17.7 Å². The summed E-state index contributed by atoms with van der Waals surface area (Å²) in [7, 11) is -4.00. The van der Waals surface area contributed by atoms with E-state index >= 15 is 0 Å². The molecule has 1 heterocycles. The number of carbonyl (C=O) groups is 1. The largest absolute Gasteiger partial charge is 0.480 e. The lowest BCUT2D eigenvalue weighted by atomic mass is 10.00. The van der Waals surface area contributed by atoms with Crippen LogP contribution in [0.2, 0.25) is 5.02 Å². The monoisotopic (exact) mass is 347 g/mol. The van der Waals surface area contributed by atoms with Gasteiger partial charge >= 0.3 is 5.97 Å². The van der Waals surface area contributed by atoms with Crippen LogP contribution < -0.4 is 4.72 Å². The van der Waals surface area contributed by atoms with Gasteiger partial charge in [0.2, 0.25) is 10.0 Å². The Morgan fingerprint density at radius 1 is 1.55 bits per heavy atom. The third-order valence-electron chi connectivity index (χ3n) is 3.57. The Morgan fingerprint density at radius 2 is 2.27 bits per heavy atom. The maximum atomic E-state index is 12.4. The van der Waals surface area contributed by atoms with Gasteiger partial charge in [0.05, 0.1) is 5.02 Å². The van der Waals surface area contributed by atoms with Gasteiger partial charge in [-0.25, -0.2) is 8.42 Å². The molecule has 2 atom stereocenters. The van der Waals surface area contributed by atoms with Crippen molar-refractivity contribution >= 4 is 27.6 Å². The van der Waals surface area contributed by atoms with Gasteiger partial charge in [-0.2, -0.15) is 4.72 Å². The van der Waals surface area contributed by atoms with E-state index in [1.165, 1.54) is 12.1 Å². The second kappa shape index (κ2) is 6.95. The number of aryl methyl sites for hydroxylation is 1. The van der Waals surface area contributed by atoms with E-state index in [-0.39, 0.29) is 22.3 Å². The molecule has 1 aliphatic heterocycles. The maximum absolute atomic E-state index is 12.4. The summed E-state index contributed by atoms with van der Waals surface area (Å²) in [5.41, 5.74) is 0.821. The molecule has 0 saturated carbocycles. The number of halogens is 1. The standard InChI is InChI=1S/C14H18ClNO5S/c1-9-2-3-13(11(15)6-9)22(19,20)16-12(14(17)18)7-10-4-5-21-8-10/h2-3,6,10,12,16H,4-5,7-8H2,1H3,(H,17,18). The number of benzene rings is 1. The molecule has 6 nitrogen and oxygen atoms in total. The van der Waals surface area contributed by atoms with Crippen molar-refractivity contribution in [3.05, 3.63) is 28.8 Å². The van der Waals surface area contributed by atoms with Gasteiger partial charge in [0.1, 0.15) is 10.9 Å². The summed E-state index contributed by atoms with van der Waals surface area (Å²) in [6, 6.07) is 3.31. The van der Waals surface area contributed by atoms with E-state index in [2.05, 4.69) is 4.72 Å². The zero-order valence-corrected chi connectivity index (χ0v) is 13.7.